The van der Waals surface area contributed by atoms with E-state index < -0.39 is 11.4 Å². The Morgan fingerprint density at radius 1 is 1.23 bits per heavy atom. The van der Waals surface area contributed by atoms with Crippen molar-refractivity contribution in [2.45, 2.75) is 58.2 Å². The fourth-order valence-corrected chi connectivity index (χ4v) is 3.60. The largest absolute Gasteiger partial charge is 0.598 e. The van der Waals surface area contributed by atoms with Gasteiger partial charge in [-0.05, 0) is 32.3 Å². The van der Waals surface area contributed by atoms with E-state index in [1.165, 1.54) is 0 Å². The van der Waals surface area contributed by atoms with Gasteiger partial charge in [-0.3, -0.25) is 0 Å². The second kappa shape index (κ2) is 10.8. The summed E-state index contributed by atoms with van der Waals surface area (Å²) in [7, 11) is 0. The first kappa shape index (κ1) is 22.8. The van der Waals surface area contributed by atoms with Crippen LogP contribution in [0.15, 0.2) is 55.3 Å². The van der Waals surface area contributed by atoms with Crippen LogP contribution in [-0.4, -0.2) is 27.3 Å². The third kappa shape index (κ3) is 6.82. The highest BCUT2D eigenvalue weighted by Gasteiger charge is 2.32. The van der Waals surface area contributed by atoms with Crippen molar-refractivity contribution in [1.29, 1.82) is 0 Å². The van der Waals surface area contributed by atoms with Crippen molar-refractivity contribution < 1.29 is 4.55 Å². The van der Waals surface area contributed by atoms with Gasteiger partial charge >= 0.3 is 0 Å². The summed E-state index contributed by atoms with van der Waals surface area (Å²) in [6, 6.07) is 9.95. The Labute approximate surface area is 163 Å². The zero-order valence-corrected chi connectivity index (χ0v) is 17.9. The Balaban J connectivity index is 3.13. The Kier molecular flexibility index (Phi) is 9.48. The molecule has 3 nitrogen and oxygen atoms in total. The molecule has 0 fully saturated rings. The minimum Gasteiger partial charge on any atom is -0.598 e. The summed E-state index contributed by atoms with van der Waals surface area (Å²) < 4.78 is 15.8. The molecule has 1 unspecified atom stereocenters. The first-order chi connectivity index (χ1) is 12.2. The van der Waals surface area contributed by atoms with E-state index >= 15 is 0 Å². The van der Waals surface area contributed by atoms with Crippen molar-refractivity contribution in [2.24, 2.45) is 5.92 Å². The highest BCUT2D eigenvalue weighted by Crippen LogP contribution is 2.28. The molecule has 146 valence electrons. The van der Waals surface area contributed by atoms with Crippen LogP contribution in [0, 0.1) is 5.92 Å². The van der Waals surface area contributed by atoms with Gasteiger partial charge in [-0.25, -0.2) is 0 Å². The molecule has 1 N–H and O–H groups in total. The number of hydrogen-bond acceptors (Lipinski definition) is 3. The van der Waals surface area contributed by atoms with Gasteiger partial charge in [-0.15, -0.1) is 11.3 Å². The van der Waals surface area contributed by atoms with Crippen molar-refractivity contribution >= 4 is 11.4 Å². The van der Waals surface area contributed by atoms with Crippen LogP contribution in [0.25, 0.3) is 0 Å². The molecule has 0 amide bonds. The fraction of sp³-hybridized carbons (Fsp3) is 0.545. The molecule has 0 saturated heterocycles. The molecule has 0 saturated carbocycles. The highest BCUT2D eigenvalue weighted by molar-refractivity contribution is 7.90. The van der Waals surface area contributed by atoms with Gasteiger partial charge in [0, 0.05) is 30.1 Å². The molecule has 0 spiro atoms. The predicted octanol–water partition coefficient (Wildman–Crippen LogP) is 5.22. The molecule has 1 aromatic rings. The minimum atomic E-state index is -1.19. The van der Waals surface area contributed by atoms with Gasteiger partial charge < -0.3 is 9.45 Å². The summed E-state index contributed by atoms with van der Waals surface area (Å²) in [5, 5.41) is 0. The first-order valence-electron chi connectivity index (χ1n) is 9.52. The molecule has 1 rings (SSSR count). The molecular formula is C22H36N2OS. The van der Waals surface area contributed by atoms with Crippen LogP contribution in [0.5, 0.6) is 0 Å². The number of hydrogen-bond donors (Lipinski definition) is 1. The maximum atomic E-state index is 12.8. The van der Waals surface area contributed by atoms with E-state index in [-0.39, 0.29) is 10.8 Å². The molecule has 0 bridgehead atoms. The summed E-state index contributed by atoms with van der Waals surface area (Å²) in [5.74, 6) is 0.608. The molecule has 26 heavy (non-hydrogen) atoms. The van der Waals surface area contributed by atoms with E-state index in [2.05, 4.69) is 48.8 Å². The third-order valence-electron chi connectivity index (χ3n) is 4.64. The van der Waals surface area contributed by atoms with Crippen LogP contribution < -0.4 is 4.72 Å². The Morgan fingerprint density at radius 3 is 2.27 bits per heavy atom. The van der Waals surface area contributed by atoms with Crippen LogP contribution in [0.4, 0.5) is 0 Å². The van der Waals surface area contributed by atoms with Gasteiger partial charge in [0.1, 0.15) is 10.8 Å². The lowest BCUT2D eigenvalue weighted by Gasteiger charge is -2.35. The summed E-state index contributed by atoms with van der Waals surface area (Å²) in [4.78, 5) is 2.27. The number of nitrogens with zero attached hydrogens (tertiary/aromatic N) is 1. The number of nitrogens with one attached hydrogen (secondary N) is 1. The molecule has 4 heteroatoms. The lowest BCUT2D eigenvalue weighted by Crippen LogP contribution is -2.44. The summed E-state index contributed by atoms with van der Waals surface area (Å²) in [6.07, 6.45) is 4.18. The van der Waals surface area contributed by atoms with Crippen LogP contribution in [0.1, 0.15) is 59.1 Å². The second-order valence-electron chi connectivity index (χ2n) is 7.71. The fourth-order valence-electron chi connectivity index (χ4n) is 2.76. The number of rotatable bonds is 11. The average Bonchev–Trinajstić information content (AvgIpc) is 2.62. The minimum absolute atomic E-state index is 0.189. The SMILES string of the molecule is C=CCN(CC(CC)CC)C(=C)[C@@H](N[S+]([O-])C(C)(C)C)c1ccccc1. The molecule has 0 radical (unpaired) electrons. The van der Waals surface area contributed by atoms with Crippen molar-refractivity contribution in [3.8, 4) is 0 Å². The van der Waals surface area contributed by atoms with Gasteiger partial charge in [0.05, 0.1) is 0 Å². The normalized spacial score (nSPS) is 14.1. The second-order valence-corrected chi connectivity index (χ2v) is 9.71. The molecular weight excluding hydrogens is 340 g/mol. The van der Waals surface area contributed by atoms with E-state index in [1.807, 2.05) is 45.0 Å². The zero-order valence-electron chi connectivity index (χ0n) is 17.1. The van der Waals surface area contributed by atoms with Gasteiger partial charge in [0.2, 0.25) is 0 Å². The van der Waals surface area contributed by atoms with E-state index in [0.717, 1.165) is 37.2 Å². The van der Waals surface area contributed by atoms with Crippen LogP contribution in [-0.2, 0) is 11.4 Å². The van der Waals surface area contributed by atoms with Gasteiger partial charge in [0.25, 0.3) is 0 Å². The van der Waals surface area contributed by atoms with Gasteiger partial charge in [-0.2, -0.15) is 0 Å². The quantitative estimate of drug-likeness (QED) is 0.425. The molecule has 1 aromatic carbocycles. The van der Waals surface area contributed by atoms with Gasteiger partial charge in [-0.1, -0.05) is 69.7 Å². The standard InChI is InChI=1S/C22H36N2OS/c1-8-16-24(17-19(9-2)10-3)18(4)21(20-14-12-11-13-15-20)23-26(25)22(5,6)7/h8,11-15,19,21,23H,1,4,9-10,16-17H2,2-3,5-7H3/t21-,26?/m1/s1. The van der Waals surface area contributed by atoms with E-state index in [0.29, 0.717) is 5.92 Å². The van der Waals surface area contributed by atoms with Crippen molar-refractivity contribution in [1.82, 2.24) is 9.62 Å². The predicted molar refractivity (Wildman–Crippen MR) is 115 cm³/mol. The highest BCUT2D eigenvalue weighted by atomic mass is 32.2. The van der Waals surface area contributed by atoms with Crippen molar-refractivity contribution in [2.75, 3.05) is 13.1 Å². The summed E-state index contributed by atoms with van der Waals surface area (Å²) >= 11 is -1.19. The number of benzene rings is 1. The summed E-state index contributed by atoms with van der Waals surface area (Å²) in [5.41, 5.74) is 2.02. The maximum Gasteiger partial charge on any atom is 0.136 e. The van der Waals surface area contributed by atoms with Crippen LogP contribution >= 0.6 is 0 Å². The lowest BCUT2D eigenvalue weighted by molar-refractivity contribution is 0.280. The zero-order chi connectivity index (χ0) is 19.7. The lowest BCUT2D eigenvalue weighted by atomic mass is 10.00. The van der Waals surface area contributed by atoms with Crippen molar-refractivity contribution in [3.63, 3.8) is 0 Å². The molecule has 0 heterocycles. The van der Waals surface area contributed by atoms with Gasteiger partial charge in [0.15, 0.2) is 0 Å². The molecule has 0 aliphatic heterocycles. The third-order valence-corrected chi connectivity index (χ3v) is 6.20. The van der Waals surface area contributed by atoms with Crippen LogP contribution in [0.3, 0.4) is 0 Å². The molecule has 0 aliphatic rings. The Bertz CT molecular complexity index is 549. The maximum absolute atomic E-state index is 12.8. The van der Waals surface area contributed by atoms with Crippen molar-refractivity contribution in [3.05, 3.63) is 60.8 Å². The topological polar surface area (TPSA) is 38.3 Å². The molecule has 0 aliphatic carbocycles. The molecule has 2 atom stereocenters. The Morgan fingerprint density at radius 2 is 1.81 bits per heavy atom. The van der Waals surface area contributed by atoms with E-state index in [1.54, 1.807) is 0 Å². The van der Waals surface area contributed by atoms with E-state index in [9.17, 15) is 4.55 Å². The van der Waals surface area contributed by atoms with Crippen LogP contribution in [0.2, 0.25) is 0 Å². The van der Waals surface area contributed by atoms with E-state index in [4.69, 9.17) is 0 Å². The molecule has 0 aromatic heterocycles. The average molecular weight is 377 g/mol. The monoisotopic (exact) mass is 376 g/mol. The smallest absolute Gasteiger partial charge is 0.136 e. The summed E-state index contributed by atoms with van der Waals surface area (Å²) in [6.45, 7) is 20.4. The Hall–Kier alpha value is -1.23. The first-order valence-corrected chi connectivity index (χ1v) is 10.7.